The van der Waals surface area contributed by atoms with Crippen molar-refractivity contribution in [2.24, 2.45) is 0 Å². The number of hydrogen-bond donors (Lipinski definition) is 4. The minimum atomic E-state index is -1.19. The first kappa shape index (κ1) is 23.9. The second-order valence-corrected chi connectivity index (χ2v) is 7.16. The molecule has 2 aromatic carbocycles. The molecule has 0 aromatic heterocycles. The molecule has 2 atom stereocenters. The van der Waals surface area contributed by atoms with Crippen LogP contribution in [0.1, 0.15) is 29.3 Å². The summed E-state index contributed by atoms with van der Waals surface area (Å²) in [6, 6.07) is 12.8. The molecule has 8 nitrogen and oxygen atoms in total. The third kappa shape index (κ3) is 7.45. The first-order valence-electron chi connectivity index (χ1n) is 9.58. The molecular weight excluding hydrogens is 420 g/mol. The molecule has 0 aliphatic carbocycles. The lowest BCUT2D eigenvalue weighted by atomic mass is 10.1. The van der Waals surface area contributed by atoms with Gasteiger partial charge in [0, 0.05) is 13.3 Å². The van der Waals surface area contributed by atoms with Crippen LogP contribution < -0.4 is 15.4 Å². The molecule has 1 unspecified atom stereocenters. The van der Waals surface area contributed by atoms with E-state index < -0.39 is 35.8 Å². The van der Waals surface area contributed by atoms with E-state index in [4.69, 9.17) is 4.74 Å². The molecule has 31 heavy (non-hydrogen) atoms. The van der Waals surface area contributed by atoms with Crippen molar-refractivity contribution in [2.45, 2.75) is 31.8 Å². The van der Waals surface area contributed by atoms with E-state index in [0.717, 1.165) is 5.56 Å². The first-order valence-corrected chi connectivity index (χ1v) is 10.2. The molecule has 164 valence electrons. The number of carbonyl (C=O) groups excluding carboxylic acids is 3. The number of thiol groups is 1. The van der Waals surface area contributed by atoms with Crippen LogP contribution in [0.4, 0.5) is 0 Å². The highest BCUT2D eigenvalue weighted by molar-refractivity contribution is 7.80. The summed E-state index contributed by atoms with van der Waals surface area (Å²) in [7, 11) is 0. The van der Waals surface area contributed by atoms with Gasteiger partial charge in [-0.1, -0.05) is 42.5 Å². The van der Waals surface area contributed by atoms with Gasteiger partial charge in [0.15, 0.2) is 0 Å². The predicted octanol–water partition coefficient (Wildman–Crippen LogP) is 1.84. The number of para-hydroxylation sites is 1. The standard InChI is InChI=1S/C22H24N2O6S/c1-14(25)30-19-10-6-5-9-16(19)20(26)23-17(11-12-31)21(27)24-18(22(28)29)13-15-7-3-2-4-8-15/h2-10,17-18,31H,11-13H2,1H3,(H,23,26)(H,24,27)(H,28,29)/t17?,18-/m1/s1. The number of carbonyl (C=O) groups is 4. The maximum Gasteiger partial charge on any atom is 0.326 e. The molecule has 2 aromatic rings. The summed E-state index contributed by atoms with van der Waals surface area (Å²) < 4.78 is 5.04. The van der Waals surface area contributed by atoms with Crippen molar-refractivity contribution in [2.75, 3.05) is 5.75 Å². The second-order valence-electron chi connectivity index (χ2n) is 6.72. The molecule has 0 heterocycles. The molecule has 9 heteroatoms. The lowest BCUT2D eigenvalue weighted by molar-refractivity contribution is -0.142. The maximum atomic E-state index is 12.8. The number of carboxylic acids is 1. The van der Waals surface area contributed by atoms with E-state index in [0.29, 0.717) is 0 Å². The van der Waals surface area contributed by atoms with Gasteiger partial charge >= 0.3 is 11.9 Å². The van der Waals surface area contributed by atoms with E-state index >= 15 is 0 Å². The molecule has 3 N–H and O–H groups in total. The molecule has 2 amide bonds. The van der Waals surface area contributed by atoms with Gasteiger partial charge in [-0.2, -0.15) is 12.6 Å². The fourth-order valence-electron chi connectivity index (χ4n) is 2.85. The minimum Gasteiger partial charge on any atom is -0.480 e. The van der Waals surface area contributed by atoms with Crippen molar-refractivity contribution < 1.29 is 29.0 Å². The van der Waals surface area contributed by atoms with Crippen LogP contribution in [0.15, 0.2) is 54.6 Å². The number of nitrogens with one attached hydrogen (secondary N) is 2. The van der Waals surface area contributed by atoms with Crippen LogP contribution >= 0.6 is 12.6 Å². The second kappa shape index (κ2) is 11.8. The number of esters is 1. The monoisotopic (exact) mass is 444 g/mol. The van der Waals surface area contributed by atoms with Crippen molar-refractivity contribution in [3.63, 3.8) is 0 Å². The Morgan fingerprint density at radius 1 is 0.968 bits per heavy atom. The van der Waals surface area contributed by atoms with E-state index in [9.17, 15) is 24.3 Å². The van der Waals surface area contributed by atoms with Gasteiger partial charge in [0.2, 0.25) is 5.91 Å². The van der Waals surface area contributed by atoms with Gasteiger partial charge in [-0.3, -0.25) is 14.4 Å². The summed E-state index contributed by atoms with van der Waals surface area (Å²) in [5.41, 5.74) is 0.828. The Labute approximate surface area is 185 Å². The summed E-state index contributed by atoms with van der Waals surface area (Å²) in [5.74, 6) is -2.71. The molecule has 0 bridgehead atoms. The summed E-state index contributed by atoms with van der Waals surface area (Å²) in [6.07, 6.45) is 0.271. The Balaban J connectivity index is 2.13. The van der Waals surface area contributed by atoms with Crippen molar-refractivity contribution in [1.29, 1.82) is 0 Å². The van der Waals surface area contributed by atoms with Gasteiger partial charge in [0.05, 0.1) is 5.56 Å². The topological polar surface area (TPSA) is 122 Å². The summed E-state index contributed by atoms with van der Waals surface area (Å²) in [6.45, 7) is 1.21. The van der Waals surface area contributed by atoms with E-state index in [1.165, 1.54) is 19.1 Å². The van der Waals surface area contributed by atoms with Gasteiger partial charge in [0.25, 0.3) is 5.91 Å². The molecule has 0 spiro atoms. The lowest BCUT2D eigenvalue weighted by Gasteiger charge is -2.21. The Hall–Kier alpha value is -3.33. The number of aliphatic carboxylic acids is 1. The van der Waals surface area contributed by atoms with Gasteiger partial charge in [-0.25, -0.2) is 4.79 Å². The van der Waals surface area contributed by atoms with Gasteiger partial charge < -0.3 is 20.5 Å². The van der Waals surface area contributed by atoms with E-state index in [-0.39, 0.29) is 29.9 Å². The minimum absolute atomic E-state index is 0.0602. The molecule has 0 aliphatic rings. The van der Waals surface area contributed by atoms with Crippen LogP contribution in [0.2, 0.25) is 0 Å². The third-order valence-corrected chi connectivity index (χ3v) is 4.58. The molecular formula is C22H24N2O6S. The van der Waals surface area contributed by atoms with Crippen molar-refractivity contribution in [1.82, 2.24) is 10.6 Å². The Morgan fingerprint density at radius 3 is 2.23 bits per heavy atom. The lowest BCUT2D eigenvalue weighted by Crippen LogP contribution is -2.52. The van der Waals surface area contributed by atoms with E-state index in [1.54, 1.807) is 36.4 Å². The fourth-order valence-corrected chi connectivity index (χ4v) is 3.11. The largest absolute Gasteiger partial charge is 0.480 e. The molecule has 0 saturated carbocycles. The quantitative estimate of drug-likeness (QED) is 0.252. The van der Waals surface area contributed by atoms with Gasteiger partial charge in [-0.05, 0) is 29.9 Å². The number of ether oxygens (including phenoxy) is 1. The van der Waals surface area contributed by atoms with Crippen molar-refractivity contribution in [3.05, 3.63) is 65.7 Å². The van der Waals surface area contributed by atoms with Crippen LogP contribution in [-0.4, -0.2) is 46.7 Å². The zero-order chi connectivity index (χ0) is 22.8. The summed E-state index contributed by atoms with van der Waals surface area (Å²) in [4.78, 5) is 48.4. The Morgan fingerprint density at radius 2 is 1.61 bits per heavy atom. The highest BCUT2D eigenvalue weighted by Gasteiger charge is 2.27. The zero-order valence-corrected chi connectivity index (χ0v) is 17.8. The van der Waals surface area contributed by atoms with Crippen LogP contribution in [0, 0.1) is 0 Å². The first-order chi connectivity index (χ1) is 14.8. The van der Waals surface area contributed by atoms with Crippen molar-refractivity contribution >= 4 is 36.4 Å². The van der Waals surface area contributed by atoms with Crippen LogP contribution in [0.25, 0.3) is 0 Å². The number of carboxylic acid groups (broad SMARTS) is 1. The van der Waals surface area contributed by atoms with E-state index in [2.05, 4.69) is 23.3 Å². The van der Waals surface area contributed by atoms with Gasteiger partial charge in [-0.15, -0.1) is 0 Å². The smallest absolute Gasteiger partial charge is 0.326 e. The highest BCUT2D eigenvalue weighted by Crippen LogP contribution is 2.18. The molecule has 0 aliphatic heterocycles. The average Bonchev–Trinajstić information content (AvgIpc) is 2.73. The van der Waals surface area contributed by atoms with Gasteiger partial charge in [0.1, 0.15) is 17.8 Å². The SMILES string of the molecule is CC(=O)Oc1ccccc1C(=O)NC(CCS)C(=O)N[C@H](Cc1ccccc1)C(=O)O. The number of benzene rings is 2. The Kier molecular flexibility index (Phi) is 9.08. The van der Waals surface area contributed by atoms with Crippen LogP contribution in [0.5, 0.6) is 5.75 Å². The number of hydrogen-bond acceptors (Lipinski definition) is 6. The molecule has 2 rings (SSSR count). The maximum absolute atomic E-state index is 12.8. The molecule has 0 fully saturated rings. The molecule has 0 radical (unpaired) electrons. The predicted molar refractivity (Wildman–Crippen MR) is 117 cm³/mol. The molecule has 0 saturated heterocycles. The number of amides is 2. The highest BCUT2D eigenvalue weighted by atomic mass is 32.1. The zero-order valence-electron chi connectivity index (χ0n) is 16.9. The van der Waals surface area contributed by atoms with Crippen LogP contribution in [0.3, 0.4) is 0 Å². The summed E-state index contributed by atoms with van der Waals surface area (Å²) >= 11 is 4.12. The van der Waals surface area contributed by atoms with Crippen molar-refractivity contribution in [3.8, 4) is 5.75 Å². The van der Waals surface area contributed by atoms with E-state index in [1.807, 2.05) is 6.07 Å². The number of rotatable bonds is 10. The Bertz CT molecular complexity index is 935. The third-order valence-electron chi connectivity index (χ3n) is 4.32. The normalized spacial score (nSPS) is 12.3. The van der Waals surface area contributed by atoms with Crippen LogP contribution in [-0.2, 0) is 20.8 Å². The average molecular weight is 445 g/mol. The fraction of sp³-hybridized carbons (Fsp3) is 0.273. The summed E-state index contributed by atoms with van der Waals surface area (Å²) in [5, 5.41) is 14.6.